The topological polar surface area (TPSA) is 98.9 Å². The molecule has 0 aliphatic carbocycles. The van der Waals surface area contributed by atoms with Crippen LogP contribution in [0.4, 0.5) is 5.69 Å². The van der Waals surface area contributed by atoms with E-state index < -0.39 is 10.5 Å². The molecule has 3 rings (SSSR count). The zero-order chi connectivity index (χ0) is 26.6. The number of fused-ring (bicyclic) bond motifs is 1. The summed E-state index contributed by atoms with van der Waals surface area (Å²) in [5.74, 6) is 2.24. The normalized spacial score (nSPS) is 18.0. The van der Waals surface area contributed by atoms with Crippen LogP contribution >= 0.6 is 0 Å². The maximum atomic E-state index is 13.4. The van der Waals surface area contributed by atoms with E-state index in [1.54, 1.807) is 19.1 Å². The molecular formula is C29H39NO6. The van der Waals surface area contributed by atoms with Crippen molar-refractivity contribution < 1.29 is 24.3 Å². The Morgan fingerprint density at radius 3 is 2.33 bits per heavy atom. The number of nitro groups is 1. The highest BCUT2D eigenvalue weighted by Gasteiger charge is 2.43. The lowest BCUT2D eigenvalue weighted by Gasteiger charge is -2.40. The number of rotatable bonds is 11. The minimum Gasteiger partial charge on any atom is -0.507 e. The second-order valence-corrected chi connectivity index (χ2v) is 10.8. The Bertz CT molecular complexity index is 1110. The van der Waals surface area contributed by atoms with E-state index >= 15 is 0 Å². The number of nitrogens with zero attached hydrogens (tertiary/aromatic N) is 1. The van der Waals surface area contributed by atoms with Gasteiger partial charge < -0.3 is 14.6 Å². The molecule has 1 heterocycles. The van der Waals surface area contributed by atoms with Gasteiger partial charge in [0.25, 0.3) is 5.69 Å². The Hall–Kier alpha value is -3.09. The second kappa shape index (κ2) is 11.3. The molecule has 0 radical (unpaired) electrons. The summed E-state index contributed by atoms with van der Waals surface area (Å²) in [7, 11) is 0. The van der Waals surface area contributed by atoms with Gasteiger partial charge in [-0.15, -0.1) is 0 Å². The number of aromatic hydroxyl groups is 1. The molecule has 7 heteroatoms. The van der Waals surface area contributed by atoms with E-state index in [1.165, 1.54) is 25.0 Å². The Labute approximate surface area is 214 Å². The molecule has 0 spiro atoms. The fourth-order valence-corrected chi connectivity index (χ4v) is 4.90. The molecule has 0 saturated carbocycles. The summed E-state index contributed by atoms with van der Waals surface area (Å²) in [5, 5.41) is 21.5. The molecule has 1 N–H and O–H groups in total. The molecule has 2 aromatic carbocycles. The lowest BCUT2D eigenvalue weighted by Crippen LogP contribution is -2.47. The van der Waals surface area contributed by atoms with Crippen LogP contribution < -0.4 is 9.47 Å². The average molecular weight is 498 g/mol. The molecule has 196 valence electrons. The number of nitro benzene ring substituents is 1. The SMILES string of the molecule is Cc1c(C)c2c(c(C)c1O)C(=O)CC(CCC(C)CCCC(C)C)(COc1ccc([N+](=O)[O-])cc1)O2. The van der Waals surface area contributed by atoms with E-state index in [0.29, 0.717) is 46.4 Å². The van der Waals surface area contributed by atoms with Crippen LogP contribution in [0.25, 0.3) is 0 Å². The van der Waals surface area contributed by atoms with Gasteiger partial charge in [0.2, 0.25) is 0 Å². The van der Waals surface area contributed by atoms with Crippen molar-refractivity contribution in [3.8, 4) is 17.2 Å². The highest BCUT2D eigenvalue weighted by molar-refractivity contribution is 6.03. The van der Waals surface area contributed by atoms with Crippen molar-refractivity contribution in [2.24, 2.45) is 11.8 Å². The van der Waals surface area contributed by atoms with Crippen molar-refractivity contribution in [3.63, 3.8) is 0 Å². The first-order valence-corrected chi connectivity index (χ1v) is 12.9. The van der Waals surface area contributed by atoms with Crippen LogP contribution in [-0.4, -0.2) is 28.0 Å². The van der Waals surface area contributed by atoms with Crippen LogP contribution in [0.15, 0.2) is 24.3 Å². The molecular weight excluding hydrogens is 458 g/mol. The van der Waals surface area contributed by atoms with E-state index in [0.717, 1.165) is 18.4 Å². The van der Waals surface area contributed by atoms with Crippen LogP contribution in [0.1, 0.15) is 86.3 Å². The first-order valence-electron chi connectivity index (χ1n) is 12.9. The summed E-state index contributed by atoms with van der Waals surface area (Å²) in [6.45, 7) is 12.3. The molecule has 0 saturated heterocycles. The van der Waals surface area contributed by atoms with Gasteiger partial charge in [-0.25, -0.2) is 0 Å². The fourth-order valence-electron chi connectivity index (χ4n) is 4.90. The molecule has 1 aliphatic rings. The Morgan fingerprint density at radius 1 is 1.06 bits per heavy atom. The molecule has 2 aromatic rings. The van der Waals surface area contributed by atoms with Crippen LogP contribution in [0.3, 0.4) is 0 Å². The van der Waals surface area contributed by atoms with E-state index in [4.69, 9.17) is 9.47 Å². The number of hydrogen-bond donors (Lipinski definition) is 1. The zero-order valence-electron chi connectivity index (χ0n) is 22.3. The number of phenols is 1. The number of carbonyl (C=O) groups excluding carboxylic acids is 1. The third kappa shape index (κ3) is 6.18. The molecule has 0 bridgehead atoms. The van der Waals surface area contributed by atoms with Gasteiger partial charge >= 0.3 is 0 Å². The van der Waals surface area contributed by atoms with Crippen molar-refractivity contribution in [1.29, 1.82) is 0 Å². The monoisotopic (exact) mass is 497 g/mol. The zero-order valence-corrected chi connectivity index (χ0v) is 22.3. The van der Waals surface area contributed by atoms with Gasteiger partial charge in [0.05, 0.1) is 16.9 Å². The van der Waals surface area contributed by atoms with Gasteiger partial charge in [-0.05, 0) is 68.7 Å². The van der Waals surface area contributed by atoms with E-state index in [-0.39, 0.29) is 30.2 Å². The van der Waals surface area contributed by atoms with Gasteiger partial charge in [-0.2, -0.15) is 0 Å². The molecule has 0 fully saturated rings. The summed E-state index contributed by atoms with van der Waals surface area (Å²) >= 11 is 0. The average Bonchev–Trinajstić information content (AvgIpc) is 2.83. The summed E-state index contributed by atoms with van der Waals surface area (Å²) in [6, 6.07) is 5.94. The molecule has 2 unspecified atom stereocenters. The summed E-state index contributed by atoms with van der Waals surface area (Å²) in [5.41, 5.74) is 1.58. The first kappa shape index (κ1) is 27.5. The number of ether oxygens (including phenoxy) is 2. The predicted octanol–water partition coefficient (Wildman–Crippen LogP) is 7.25. The largest absolute Gasteiger partial charge is 0.507 e. The van der Waals surface area contributed by atoms with E-state index in [2.05, 4.69) is 20.8 Å². The lowest BCUT2D eigenvalue weighted by molar-refractivity contribution is -0.384. The minimum absolute atomic E-state index is 0.00769. The van der Waals surface area contributed by atoms with Crippen LogP contribution in [0.5, 0.6) is 17.2 Å². The Kier molecular flexibility index (Phi) is 8.64. The quantitative estimate of drug-likeness (QED) is 0.259. The maximum absolute atomic E-state index is 13.4. The van der Waals surface area contributed by atoms with E-state index in [1.807, 2.05) is 13.8 Å². The van der Waals surface area contributed by atoms with Crippen molar-refractivity contribution in [1.82, 2.24) is 0 Å². The number of carbonyl (C=O) groups is 1. The fraction of sp³-hybridized carbons (Fsp3) is 0.552. The number of hydrogen-bond acceptors (Lipinski definition) is 6. The smallest absolute Gasteiger partial charge is 0.269 e. The summed E-state index contributed by atoms with van der Waals surface area (Å²) in [4.78, 5) is 24.0. The number of phenolic OH excluding ortho intramolecular Hbond substituents is 1. The number of ketones is 1. The highest BCUT2D eigenvalue weighted by atomic mass is 16.6. The van der Waals surface area contributed by atoms with Gasteiger partial charge in [0.15, 0.2) is 11.4 Å². The maximum Gasteiger partial charge on any atom is 0.269 e. The Morgan fingerprint density at radius 2 is 1.72 bits per heavy atom. The van der Waals surface area contributed by atoms with Gasteiger partial charge in [0.1, 0.15) is 23.9 Å². The molecule has 0 amide bonds. The van der Waals surface area contributed by atoms with Crippen LogP contribution in [-0.2, 0) is 0 Å². The van der Waals surface area contributed by atoms with Crippen LogP contribution in [0, 0.1) is 42.7 Å². The van der Waals surface area contributed by atoms with Crippen molar-refractivity contribution in [2.45, 2.75) is 85.7 Å². The third-order valence-electron chi connectivity index (χ3n) is 7.42. The standard InChI is InChI=1S/C29H39NO6/c1-18(2)8-7-9-19(3)14-15-29(17-35-24-12-10-23(11-13-24)30(33)34)16-25(31)26-22(6)27(32)20(4)21(5)28(26)36-29/h10-13,18-19,32H,7-9,14-17H2,1-6H3. The number of benzene rings is 2. The van der Waals surface area contributed by atoms with Gasteiger partial charge in [0, 0.05) is 17.7 Å². The molecule has 36 heavy (non-hydrogen) atoms. The van der Waals surface area contributed by atoms with Crippen molar-refractivity contribution in [3.05, 3.63) is 56.6 Å². The molecule has 0 aromatic heterocycles. The van der Waals surface area contributed by atoms with E-state index in [9.17, 15) is 20.0 Å². The number of Topliss-reactive ketones (excluding diaryl/α,β-unsaturated/α-hetero) is 1. The van der Waals surface area contributed by atoms with Crippen LogP contribution in [0.2, 0.25) is 0 Å². The molecule has 7 nitrogen and oxygen atoms in total. The first-order chi connectivity index (χ1) is 16.9. The predicted molar refractivity (Wildman–Crippen MR) is 140 cm³/mol. The van der Waals surface area contributed by atoms with Crippen molar-refractivity contribution in [2.75, 3.05) is 6.61 Å². The van der Waals surface area contributed by atoms with Gasteiger partial charge in [-0.3, -0.25) is 14.9 Å². The molecule has 2 atom stereocenters. The minimum atomic E-state index is -0.862. The van der Waals surface area contributed by atoms with Crippen molar-refractivity contribution >= 4 is 11.5 Å². The molecule has 1 aliphatic heterocycles. The lowest BCUT2D eigenvalue weighted by atomic mass is 9.81. The summed E-state index contributed by atoms with van der Waals surface area (Å²) in [6.07, 6.45) is 5.17. The third-order valence-corrected chi connectivity index (χ3v) is 7.42. The number of non-ortho nitro benzene ring substituents is 1. The summed E-state index contributed by atoms with van der Waals surface area (Å²) < 4.78 is 12.7. The second-order valence-electron chi connectivity index (χ2n) is 10.8. The van der Waals surface area contributed by atoms with Gasteiger partial charge in [-0.1, -0.05) is 40.0 Å². The Balaban J connectivity index is 1.86. The highest BCUT2D eigenvalue weighted by Crippen LogP contribution is 2.45.